The van der Waals surface area contributed by atoms with E-state index in [0.29, 0.717) is 12.0 Å². The van der Waals surface area contributed by atoms with Crippen LogP contribution in [0, 0.1) is 5.82 Å². The van der Waals surface area contributed by atoms with Crippen LogP contribution in [0.2, 0.25) is 0 Å². The van der Waals surface area contributed by atoms with Crippen LogP contribution in [0.15, 0.2) is 24.3 Å². The van der Waals surface area contributed by atoms with Crippen molar-refractivity contribution in [3.05, 3.63) is 35.6 Å². The van der Waals surface area contributed by atoms with Gasteiger partial charge in [-0.05, 0) is 26.3 Å². The third-order valence-corrected chi connectivity index (χ3v) is 3.48. The van der Waals surface area contributed by atoms with Crippen LogP contribution in [0.25, 0.3) is 0 Å². The predicted octanol–water partition coefficient (Wildman–Crippen LogP) is 2.36. The first kappa shape index (κ1) is 14.4. The van der Waals surface area contributed by atoms with Crippen LogP contribution in [0.4, 0.5) is 4.39 Å². The molecule has 4 heteroatoms. The molecule has 1 aliphatic rings. The Balaban J connectivity index is 1.87. The van der Waals surface area contributed by atoms with Gasteiger partial charge < -0.3 is 9.84 Å². The summed E-state index contributed by atoms with van der Waals surface area (Å²) in [7, 11) is 0. The molecule has 0 saturated carbocycles. The summed E-state index contributed by atoms with van der Waals surface area (Å²) in [5.41, 5.74) is 0.386. The maximum absolute atomic E-state index is 13.5. The topological polar surface area (TPSA) is 32.7 Å². The molecule has 0 radical (unpaired) electrons. The number of aliphatic hydroxyl groups excluding tert-OH is 1. The smallest absolute Gasteiger partial charge is 0.128 e. The number of halogens is 1. The largest absolute Gasteiger partial charge is 0.388 e. The van der Waals surface area contributed by atoms with Gasteiger partial charge in [0.1, 0.15) is 5.82 Å². The van der Waals surface area contributed by atoms with Gasteiger partial charge in [0.2, 0.25) is 0 Å². The second-order valence-electron chi connectivity index (χ2n) is 5.34. The molecule has 1 aromatic carbocycles. The number of benzene rings is 1. The van der Waals surface area contributed by atoms with E-state index in [0.717, 1.165) is 19.6 Å². The van der Waals surface area contributed by atoms with Crippen LogP contribution in [0.5, 0.6) is 0 Å². The summed E-state index contributed by atoms with van der Waals surface area (Å²) >= 11 is 0. The Kier molecular flexibility index (Phi) is 4.91. The molecule has 1 heterocycles. The Labute approximate surface area is 114 Å². The van der Waals surface area contributed by atoms with Crippen LogP contribution in [0.1, 0.15) is 31.9 Å². The normalized spacial score (nSPS) is 26.3. The summed E-state index contributed by atoms with van der Waals surface area (Å²) < 4.78 is 19.2. The van der Waals surface area contributed by atoms with Gasteiger partial charge in [-0.2, -0.15) is 0 Å². The monoisotopic (exact) mass is 267 g/mol. The Bertz CT molecular complexity index is 403. The molecule has 1 N–H and O–H groups in total. The minimum atomic E-state index is -0.741. The summed E-state index contributed by atoms with van der Waals surface area (Å²) in [5, 5.41) is 10.1. The van der Waals surface area contributed by atoms with Crippen molar-refractivity contribution < 1.29 is 14.2 Å². The molecule has 0 aliphatic carbocycles. The number of nitrogens with zero attached hydrogens (tertiary/aromatic N) is 1. The van der Waals surface area contributed by atoms with Crippen molar-refractivity contribution in [1.82, 2.24) is 4.90 Å². The fourth-order valence-corrected chi connectivity index (χ4v) is 2.67. The van der Waals surface area contributed by atoms with Gasteiger partial charge in [0.15, 0.2) is 0 Å². The predicted molar refractivity (Wildman–Crippen MR) is 72.4 cm³/mol. The van der Waals surface area contributed by atoms with Crippen molar-refractivity contribution in [2.45, 2.75) is 38.6 Å². The van der Waals surface area contributed by atoms with E-state index >= 15 is 0 Å². The lowest BCUT2D eigenvalue weighted by atomic mass is 10.1. The highest BCUT2D eigenvalue weighted by molar-refractivity contribution is 5.19. The third kappa shape index (κ3) is 4.00. The van der Waals surface area contributed by atoms with E-state index in [1.165, 1.54) is 6.07 Å². The average Bonchev–Trinajstić information content (AvgIpc) is 2.35. The quantitative estimate of drug-likeness (QED) is 0.909. The van der Waals surface area contributed by atoms with Gasteiger partial charge in [-0.25, -0.2) is 4.39 Å². The lowest BCUT2D eigenvalue weighted by Crippen LogP contribution is -2.45. The number of hydrogen-bond acceptors (Lipinski definition) is 3. The van der Waals surface area contributed by atoms with Crippen molar-refractivity contribution in [2.75, 3.05) is 19.6 Å². The SMILES string of the molecule is CC1CN(CCC(O)c2ccccc2F)CC(C)O1. The highest BCUT2D eigenvalue weighted by Crippen LogP contribution is 2.21. The molecular weight excluding hydrogens is 245 g/mol. The minimum absolute atomic E-state index is 0.217. The number of morpholine rings is 1. The average molecular weight is 267 g/mol. The maximum atomic E-state index is 13.5. The van der Waals surface area contributed by atoms with Crippen molar-refractivity contribution in [3.63, 3.8) is 0 Å². The Morgan fingerprint density at radius 2 is 1.95 bits per heavy atom. The maximum Gasteiger partial charge on any atom is 0.128 e. The van der Waals surface area contributed by atoms with Crippen molar-refractivity contribution >= 4 is 0 Å². The molecule has 0 aromatic heterocycles. The molecule has 19 heavy (non-hydrogen) atoms. The molecule has 2 rings (SSSR count). The van der Waals surface area contributed by atoms with E-state index < -0.39 is 6.10 Å². The van der Waals surface area contributed by atoms with Crippen LogP contribution < -0.4 is 0 Å². The highest BCUT2D eigenvalue weighted by atomic mass is 19.1. The molecule has 3 atom stereocenters. The molecule has 1 saturated heterocycles. The second-order valence-corrected chi connectivity index (χ2v) is 5.34. The molecule has 0 bridgehead atoms. The first-order valence-electron chi connectivity index (χ1n) is 6.86. The zero-order valence-corrected chi connectivity index (χ0v) is 11.6. The number of hydrogen-bond donors (Lipinski definition) is 1. The molecule has 1 aromatic rings. The van der Waals surface area contributed by atoms with Crippen LogP contribution in [-0.4, -0.2) is 41.8 Å². The molecule has 106 valence electrons. The summed E-state index contributed by atoms with van der Waals surface area (Å²) in [6.07, 6.45) is 0.235. The fourth-order valence-electron chi connectivity index (χ4n) is 2.67. The van der Waals surface area contributed by atoms with Gasteiger partial charge in [-0.1, -0.05) is 18.2 Å². The molecule has 3 nitrogen and oxygen atoms in total. The zero-order chi connectivity index (χ0) is 13.8. The Hall–Kier alpha value is -0.970. The van der Waals surface area contributed by atoms with E-state index in [9.17, 15) is 9.50 Å². The molecule has 0 spiro atoms. The molecule has 1 fully saturated rings. The summed E-state index contributed by atoms with van der Waals surface area (Å²) in [5.74, 6) is -0.335. The van der Waals surface area contributed by atoms with E-state index in [4.69, 9.17) is 4.74 Å². The van der Waals surface area contributed by atoms with E-state index in [2.05, 4.69) is 18.7 Å². The van der Waals surface area contributed by atoms with E-state index in [-0.39, 0.29) is 18.0 Å². The van der Waals surface area contributed by atoms with Crippen LogP contribution >= 0.6 is 0 Å². The summed E-state index contributed by atoms with van der Waals surface area (Å²) in [6.45, 7) is 6.60. The Morgan fingerprint density at radius 1 is 1.32 bits per heavy atom. The molecule has 1 aliphatic heterocycles. The van der Waals surface area contributed by atoms with Gasteiger partial charge in [0, 0.05) is 25.2 Å². The van der Waals surface area contributed by atoms with Crippen molar-refractivity contribution in [2.24, 2.45) is 0 Å². The zero-order valence-electron chi connectivity index (χ0n) is 11.6. The molecule has 0 amide bonds. The van der Waals surface area contributed by atoms with Crippen molar-refractivity contribution in [1.29, 1.82) is 0 Å². The summed E-state index contributed by atoms with van der Waals surface area (Å²) in [6, 6.07) is 6.42. The first-order valence-corrected chi connectivity index (χ1v) is 6.86. The van der Waals surface area contributed by atoms with Crippen LogP contribution in [-0.2, 0) is 4.74 Å². The van der Waals surface area contributed by atoms with Gasteiger partial charge in [0.05, 0.1) is 18.3 Å². The minimum Gasteiger partial charge on any atom is -0.388 e. The summed E-state index contributed by atoms with van der Waals surface area (Å²) in [4.78, 5) is 2.27. The number of ether oxygens (including phenoxy) is 1. The van der Waals surface area contributed by atoms with Gasteiger partial charge in [-0.3, -0.25) is 4.90 Å². The fraction of sp³-hybridized carbons (Fsp3) is 0.600. The van der Waals surface area contributed by atoms with E-state index in [1.54, 1.807) is 18.2 Å². The van der Waals surface area contributed by atoms with Gasteiger partial charge in [-0.15, -0.1) is 0 Å². The van der Waals surface area contributed by atoms with Crippen molar-refractivity contribution in [3.8, 4) is 0 Å². The standard InChI is InChI=1S/C15H22FNO2/c1-11-9-17(10-12(2)19-11)8-7-15(18)13-5-3-4-6-14(13)16/h3-6,11-12,15,18H,7-10H2,1-2H3. The molecule has 3 unspecified atom stereocenters. The molecular formula is C15H22FNO2. The number of rotatable bonds is 4. The number of aliphatic hydroxyl groups is 1. The third-order valence-electron chi connectivity index (χ3n) is 3.48. The lowest BCUT2D eigenvalue weighted by molar-refractivity contribution is -0.0703. The second kappa shape index (κ2) is 6.46. The Morgan fingerprint density at radius 3 is 2.58 bits per heavy atom. The van der Waals surface area contributed by atoms with Gasteiger partial charge in [0.25, 0.3) is 0 Å². The van der Waals surface area contributed by atoms with E-state index in [1.807, 2.05) is 0 Å². The highest BCUT2D eigenvalue weighted by Gasteiger charge is 2.23. The van der Waals surface area contributed by atoms with Crippen LogP contribution in [0.3, 0.4) is 0 Å². The lowest BCUT2D eigenvalue weighted by Gasteiger charge is -2.35. The van der Waals surface area contributed by atoms with Gasteiger partial charge >= 0.3 is 0 Å². The first-order chi connectivity index (χ1) is 9.06.